The number of anilines is 2. The van der Waals surface area contributed by atoms with Gasteiger partial charge in [0.1, 0.15) is 0 Å². The molecule has 1 aromatic heterocycles. The highest BCUT2D eigenvalue weighted by atomic mass is 15.3. The molecule has 1 fully saturated rings. The second-order valence-corrected chi connectivity index (χ2v) is 5.85. The molecule has 98 valence electrons. The maximum atomic E-state index is 4.63. The van der Waals surface area contributed by atoms with Crippen LogP contribution >= 0.6 is 0 Å². The van der Waals surface area contributed by atoms with Crippen LogP contribution in [-0.4, -0.2) is 24.1 Å². The second-order valence-electron chi connectivity index (χ2n) is 5.85. The molecule has 1 N–H and O–H groups in total. The number of nitrogens with zero attached hydrogens (tertiary/aromatic N) is 2. The first-order chi connectivity index (χ1) is 8.73. The van der Waals surface area contributed by atoms with E-state index in [0.717, 1.165) is 12.4 Å². The summed E-state index contributed by atoms with van der Waals surface area (Å²) in [6.45, 7) is 3.24. The van der Waals surface area contributed by atoms with Crippen LogP contribution in [0.4, 0.5) is 11.5 Å². The fraction of sp³-hybridized carbons (Fsp3) is 0.667. The van der Waals surface area contributed by atoms with Crippen molar-refractivity contribution in [2.24, 2.45) is 0 Å². The fourth-order valence-corrected chi connectivity index (χ4v) is 3.62. The molecule has 18 heavy (non-hydrogen) atoms. The molecule has 1 saturated carbocycles. The number of aromatic nitrogens is 1. The molecule has 1 spiro atoms. The summed E-state index contributed by atoms with van der Waals surface area (Å²) >= 11 is 0. The van der Waals surface area contributed by atoms with Crippen molar-refractivity contribution in [2.75, 3.05) is 23.8 Å². The molecule has 1 aliphatic carbocycles. The van der Waals surface area contributed by atoms with Crippen molar-refractivity contribution < 1.29 is 0 Å². The van der Waals surface area contributed by atoms with E-state index in [1.807, 2.05) is 6.20 Å². The number of rotatable bonds is 0. The van der Waals surface area contributed by atoms with E-state index in [4.69, 9.17) is 0 Å². The van der Waals surface area contributed by atoms with E-state index in [1.165, 1.54) is 49.8 Å². The molecule has 1 aliphatic heterocycles. The first-order valence-corrected chi connectivity index (χ1v) is 7.16. The van der Waals surface area contributed by atoms with Crippen molar-refractivity contribution in [3.05, 3.63) is 17.8 Å². The van der Waals surface area contributed by atoms with Crippen molar-refractivity contribution in [1.82, 2.24) is 4.98 Å². The van der Waals surface area contributed by atoms with E-state index in [-0.39, 0.29) is 0 Å². The lowest BCUT2D eigenvalue weighted by molar-refractivity contribution is 0.273. The highest BCUT2D eigenvalue weighted by Crippen LogP contribution is 2.42. The van der Waals surface area contributed by atoms with Crippen LogP contribution in [0.3, 0.4) is 0 Å². The SMILES string of the molecule is Cc1ccnc2c1NCCC1(CCCCC1)N2C. The van der Waals surface area contributed by atoms with Crippen molar-refractivity contribution >= 4 is 11.5 Å². The van der Waals surface area contributed by atoms with E-state index in [1.54, 1.807) is 0 Å². The Balaban J connectivity index is 2.02. The van der Waals surface area contributed by atoms with Gasteiger partial charge in [0.05, 0.1) is 5.69 Å². The smallest absolute Gasteiger partial charge is 0.152 e. The standard InChI is InChI=1S/C15H23N3/c1-12-6-10-17-14-13(12)16-11-9-15(18(14)2)7-4-3-5-8-15/h6,10,16H,3-5,7-9,11H2,1-2H3. The maximum absolute atomic E-state index is 4.63. The summed E-state index contributed by atoms with van der Waals surface area (Å²) in [5.41, 5.74) is 2.89. The third-order valence-corrected chi connectivity index (χ3v) is 4.84. The Morgan fingerprint density at radius 1 is 1.22 bits per heavy atom. The third-order valence-electron chi connectivity index (χ3n) is 4.84. The largest absolute Gasteiger partial charge is 0.382 e. The Labute approximate surface area is 110 Å². The molecule has 0 unspecified atom stereocenters. The zero-order valence-corrected chi connectivity index (χ0v) is 11.5. The normalized spacial score (nSPS) is 22.2. The first-order valence-electron chi connectivity index (χ1n) is 7.16. The van der Waals surface area contributed by atoms with E-state index in [2.05, 4.69) is 35.2 Å². The van der Waals surface area contributed by atoms with Gasteiger partial charge in [0.2, 0.25) is 0 Å². The van der Waals surface area contributed by atoms with Crippen LogP contribution < -0.4 is 10.2 Å². The monoisotopic (exact) mass is 245 g/mol. The molecular formula is C15H23N3. The van der Waals surface area contributed by atoms with Gasteiger partial charge in [0.15, 0.2) is 5.82 Å². The number of nitrogens with one attached hydrogen (secondary N) is 1. The molecule has 3 nitrogen and oxygen atoms in total. The summed E-state index contributed by atoms with van der Waals surface area (Å²) < 4.78 is 0. The van der Waals surface area contributed by atoms with E-state index >= 15 is 0 Å². The molecule has 0 radical (unpaired) electrons. The van der Waals surface area contributed by atoms with Crippen LogP contribution in [-0.2, 0) is 0 Å². The average Bonchev–Trinajstić information content (AvgIpc) is 2.52. The number of pyridine rings is 1. The van der Waals surface area contributed by atoms with Gasteiger partial charge >= 0.3 is 0 Å². The molecule has 2 heterocycles. The lowest BCUT2D eigenvalue weighted by atomic mass is 9.78. The van der Waals surface area contributed by atoms with Crippen LogP contribution in [0.15, 0.2) is 12.3 Å². The van der Waals surface area contributed by atoms with Gasteiger partial charge in [-0.05, 0) is 37.8 Å². The highest BCUT2D eigenvalue weighted by Gasteiger charge is 2.38. The molecule has 3 rings (SSSR count). The minimum absolute atomic E-state index is 0.345. The van der Waals surface area contributed by atoms with Gasteiger partial charge in [0.25, 0.3) is 0 Å². The van der Waals surface area contributed by atoms with Gasteiger partial charge in [-0.2, -0.15) is 0 Å². The fourth-order valence-electron chi connectivity index (χ4n) is 3.62. The average molecular weight is 245 g/mol. The summed E-state index contributed by atoms with van der Waals surface area (Å²) in [6.07, 6.45) is 9.95. The zero-order chi connectivity index (χ0) is 12.6. The number of hydrogen-bond acceptors (Lipinski definition) is 3. The van der Waals surface area contributed by atoms with Gasteiger partial charge in [-0.3, -0.25) is 0 Å². The zero-order valence-electron chi connectivity index (χ0n) is 11.5. The number of fused-ring (bicyclic) bond motifs is 1. The summed E-state index contributed by atoms with van der Waals surface area (Å²) in [6, 6.07) is 2.10. The van der Waals surface area contributed by atoms with Gasteiger partial charge in [-0.25, -0.2) is 4.98 Å². The number of hydrogen-bond donors (Lipinski definition) is 1. The van der Waals surface area contributed by atoms with Gasteiger partial charge in [0, 0.05) is 25.3 Å². The second kappa shape index (κ2) is 4.45. The minimum Gasteiger partial charge on any atom is -0.382 e. The number of aryl methyl sites for hydroxylation is 1. The predicted molar refractivity (Wildman–Crippen MR) is 76.3 cm³/mol. The molecule has 3 heteroatoms. The minimum atomic E-state index is 0.345. The Morgan fingerprint density at radius 3 is 2.78 bits per heavy atom. The Bertz CT molecular complexity index is 435. The predicted octanol–water partition coefficient (Wildman–Crippen LogP) is 3.34. The molecule has 2 aliphatic rings. The van der Waals surface area contributed by atoms with Crippen molar-refractivity contribution in [3.8, 4) is 0 Å². The molecule has 0 atom stereocenters. The van der Waals surface area contributed by atoms with Crippen molar-refractivity contribution in [2.45, 2.75) is 51.0 Å². The molecular weight excluding hydrogens is 222 g/mol. The van der Waals surface area contributed by atoms with E-state index in [0.29, 0.717) is 5.54 Å². The quantitative estimate of drug-likeness (QED) is 0.760. The lowest BCUT2D eigenvalue weighted by Gasteiger charge is -2.44. The molecule has 0 aromatic carbocycles. The highest BCUT2D eigenvalue weighted by molar-refractivity contribution is 5.71. The third kappa shape index (κ3) is 1.76. The molecule has 0 amide bonds. The van der Waals surface area contributed by atoms with Crippen molar-refractivity contribution in [1.29, 1.82) is 0 Å². The van der Waals surface area contributed by atoms with Crippen LogP contribution in [0.2, 0.25) is 0 Å². The Kier molecular flexibility index (Phi) is 2.92. The van der Waals surface area contributed by atoms with Crippen LogP contribution in [0.25, 0.3) is 0 Å². The van der Waals surface area contributed by atoms with E-state index in [9.17, 15) is 0 Å². The van der Waals surface area contributed by atoms with Gasteiger partial charge in [-0.1, -0.05) is 19.3 Å². The maximum Gasteiger partial charge on any atom is 0.152 e. The Morgan fingerprint density at radius 2 is 2.00 bits per heavy atom. The summed E-state index contributed by atoms with van der Waals surface area (Å²) in [7, 11) is 2.24. The van der Waals surface area contributed by atoms with Crippen LogP contribution in [0.5, 0.6) is 0 Å². The molecule has 0 saturated heterocycles. The van der Waals surface area contributed by atoms with Gasteiger partial charge < -0.3 is 10.2 Å². The van der Waals surface area contributed by atoms with E-state index < -0.39 is 0 Å². The Hall–Kier alpha value is -1.25. The van der Waals surface area contributed by atoms with Crippen molar-refractivity contribution in [3.63, 3.8) is 0 Å². The molecule has 0 bridgehead atoms. The summed E-state index contributed by atoms with van der Waals surface area (Å²) in [5, 5.41) is 3.59. The summed E-state index contributed by atoms with van der Waals surface area (Å²) in [5.74, 6) is 1.15. The van der Waals surface area contributed by atoms with Gasteiger partial charge in [-0.15, -0.1) is 0 Å². The van der Waals surface area contributed by atoms with Crippen LogP contribution in [0.1, 0.15) is 44.1 Å². The first kappa shape index (κ1) is 11.8. The topological polar surface area (TPSA) is 28.2 Å². The van der Waals surface area contributed by atoms with Crippen LogP contribution in [0, 0.1) is 6.92 Å². The molecule has 1 aromatic rings. The summed E-state index contributed by atoms with van der Waals surface area (Å²) in [4.78, 5) is 7.10. The lowest BCUT2D eigenvalue weighted by Crippen LogP contribution is -2.48.